The Kier molecular flexibility index (Phi) is 4.05. The first kappa shape index (κ1) is 14.1. The highest BCUT2D eigenvalue weighted by Gasteiger charge is 2.11. The van der Waals surface area contributed by atoms with Crippen molar-refractivity contribution >= 4 is 0 Å². The Bertz CT molecular complexity index is 718. The standard InChI is InChI=1S/C14H16N2O4/c1-15-6-7-16(14(19)13(15)18)9-12(17)10-4-3-5-11(8-10)20-2/h3-8,12,17H,9H2,1-2H3. The predicted molar refractivity (Wildman–Crippen MR) is 73.9 cm³/mol. The average Bonchev–Trinajstić information content (AvgIpc) is 2.48. The van der Waals surface area contributed by atoms with Crippen LogP contribution in [0.5, 0.6) is 5.75 Å². The number of aromatic nitrogens is 2. The van der Waals surface area contributed by atoms with Crippen LogP contribution >= 0.6 is 0 Å². The van der Waals surface area contributed by atoms with Crippen LogP contribution < -0.4 is 15.9 Å². The first-order valence-corrected chi connectivity index (χ1v) is 6.11. The lowest BCUT2D eigenvalue weighted by Crippen LogP contribution is -2.40. The second-order valence-corrected chi connectivity index (χ2v) is 4.46. The van der Waals surface area contributed by atoms with Gasteiger partial charge in [-0.25, -0.2) is 0 Å². The molecule has 0 spiro atoms. The third kappa shape index (κ3) is 2.80. The molecule has 1 N–H and O–H groups in total. The van der Waals surface area contributed by atoms with E-state index < -0.39 is 17.2 Å². The smallest absolute Gasteiger partial charge is 0.316 e. The van der Waals surface area contributed by atoms with Crippen molar-refractivity contribution in [2.75, 3.05) is 7.11 Å². The topological polar surface area (TPSA) is 73.5 Å². The minimum absolute atomic E-state index is 0.0160. The fourth-order valence-corrected chi connectivity index (χ4v) is 1.87. The molecular weight excluding hydrogens is 260 g/mol. The number of methoxy groups -OCH3 is 1. The van der Waals surface area contributed by atoms with Crippen LogP contribution in [0.2, 0.25) is 0 Å². The molecule has 0 saturated heterocycles. The van der Waals surface area contributed by atoms with Crippen LogP contribution in [0, 0.1) is 0 Å². The summed E-state index contributed by atoms with van der Waals surface area (Å²) in [7, 11) is 3.05. The van der Waals surface area contributed by atoms with E-state index in [1.54, 1.807) is 24.3 Å². The van der Waals surface area contributed by atoms with Gasteiger partial charge in [0.25, 0.3) is 0 Å². The van der Waals surface area contributed by atoms with Gasteiger partial charge in [0, 0.05) is 19.4 Å². The van der Waals surface area contributed by atoms with Crippen LogP contribution in [0.15, 0.2) is 46.2 Å². The van der Waals surface area contributed by atoms with Crippen molar-refractivity contribution in [1.29, 1.82) is 0 Å². The number of hydrogen-bond acceptors (Lipinski definition) is 4. The molecule has 2 aromatic rings. The maximum atomic E-state index is 11.8. The third-order valence-corrected chi connectivity index (χ3v) is 3.08. The van der Waals surface area contributed by atoms with Crippen LogP contribution in [0.1, 0.15) is 11.7 Å². The molecule has 106 valence electrons. The Morgan fingerprint density at radius 3 is 2.70 bits per heavy atom. The Morgan fingerprint density at radius 2 is 2.00 bits per heavy atom. The lowest BCUT2D eigenvalue weighted by atomic mass is 10.1. The number of rotatable bonds is 4. The van der Waals surface area contributed by atoms with Gasteiger partial charge in [-0.3, -0.25) is 9.59 Å². The summed E-state index contributed by atoms with van der Waals surface area (Å²) in [5.41, 5.74) is -0.654. The number of nitrogens with zero attached hydrogens (tertiary/aromatic N) is 2. The van der Waals surface area contributed by atoms with Crippen molar-refractivity contribution in [3.8, 4) is 5.75 Å². The minimum atomic E-state index is -0.894. The summed E-state index contributed by atoms with van der Waals surface area (Å²) < 4.78 is 7.49. The van der Waals surface area contributed by atoms with E-state index in [0.29, 0.717) is 11.3 Å². The molecule has 1 aromatic heterocycles. The Hall–Kier alpha value is -2.34. The zero-order valence-electron chi connectivity index (χ0n) is 11.3. The summed E-state index contributed by atoms with van der Waals surface area (Å²) in [5.74, 6) is 0.623. The number of benzene rings is 1. The van der Waals surface area contributed by atoms with E-state index in [1.807, 2.05) is 0 Å². The zero-order chi connectivity index (χ0) is 14.7. The molecule has 20 heavy (non-hydrogen) atoms. The summed E-state index contributed by atoms with van der Waals surface area (Å²) in [5, 5.41) is 10.2. The molecule has 0 aliphatic rings. The molecule has 0 fully saturated rings. The second kappa shape index (κ2) is 5.75. The molecule has 0 aliphatic heterocycles. The van der Waals surface area contributed by atoms with E-state index >= 15 is 0 Å². The number of aliphatic hydroxyl groups is 1. The summed E-state index contributed by atoms with van der Waals surface area (Å²) >= 11 is 0. The van der Waals surface area contributed by atoms with Gasteiger partial charge in [0.05, 0.1) is 19.8 Å². The fraction of sp³-hybridized carbons (Fsp3) is 0.286. The second-order valence-electron chi connectivity index (χ2n) is 4.46. The molecular formula is C14H16N2O4. The van der Waals surface area contributed by atoms with E-state index in [4.69, 9.17) is 4.74 Å². The molecule has 2 rings (SSSR count). The van der Waals surface area contributed by atoms with Gasteiger partial charge >= 0.3 is 11.1 Å². The molecule has 0 saturated carbocycles. The van der Waals surface area contributed by atoms with Crippen molar-refractivity contribution in [3.63, 3.8) is 0 Å². The normalized spacial score (nSPS) is 12.2. The quantitative estimate of drug-likeness (QED) is 0.815. The van der Waals surface area contributed by atoms with Crippen molar-refractivity contribution in [2.45, 2.75) is 12.6 Å². The van der Waals surface area contributed by atoms with Gasteiger partial charge in [0.2, 0.25) is 0 Å². The monoisotopic (exact) mass is 276 g/mol. The molecule has 0 radical (unpaired) electrons. The van der Waals surface area contributed by atoms with Gasteiger partial charge in [-0.2, -0.15) is 0 Å². The summed E-state index contributed by atoms with van der Waals surface area (Å²) in [4.78, 5) is 23.3. The predicted octanol–water partition coefficient (Wildman–Crippen LogP) is 0.289. The maximum Gasteiger partial charge on any atom is 0.316 e. The third-order valence-electron chi connectivity index (χ3n) is 3.08. The van der Waals surface area contributed by atoms with E-state index in [9.17, 15) is 14.7 Å². The summed E-state index contributed by atoms with van der Waals surface area (Å²) in [6.07, 6.45) is 2.07. The van der Waals surface area contributed by atoms with Crippen molar-refractivity contribution in [1.82, 2.24) is 9.13 Å². The van der Waals surface area contributed by atoms with Gasteiger partial charge in [-0.15, -0.1) is 0 Å². The fourth-order valence-electron chi connectivity index (χ4n) is 1.87. The van der Waals surface area contributed by atoms with Gasteiger partial charge in [-0.05, 0) is 17.7 Å². The zero-order valence-corrected chi connectivity index (χ0v) is 11.3. The molecule has 1 unspecified atom stereocenters. The van der Waals surface area contributed by atoms with Crippen LogP contribution in [-0.4, -0.2) is 21.4 Å². The van der Waals surface area contributed by atoms with Crippen LogP contribution in [0.4, 0.5) is 0 Å². The largest absolute Gasteiger partial charge is 0.497 e. The van der Waals surface area contributed by atoms with Gasteiger partial charge in [0.1, 0.15) is 5.75 Å². The molecule has 1 aromatic carbocycles. The van der Waals surface area contributed by atoms with Gasteiger partial charge in [-0.1, -0.05) is 12.1 Å². The number of hydrogen-bond donors (Lipinski definition) is 1. The molecule has 0 aliphatic carbocycles. The highest BCUT2D eigenvalue weighted by atomic mass is 16.5. The Balaban J connectivity index is 2.28. The Labute approximate surface area is 115 Å². The number of aliphatic hydroxyl groups excluding tert-OH is 1. The molecule has 6 nitrogen and oxygen atoms in total. The van der Waals surface area contributed by atoms with Crippen LogP contribution in [0.3, 0.4) is 0 Å². The van der Waals surface area contributed by atoms with Crippen molar-refractivity contribution in [3.05, 3.63) is 62.9 Å². The number of ether oxygens (including phenoxy) is 1. The Morgan fingerprint density at radius 1 is 1.25 bits per heavy atom. The average molecular weight is 276 g/mol. The highest BCUT2D eigenvalue weighted by Crippen LogP contribution is 2.19. The van der Waals surface area contributed by atoms with Crippen LogP contribution in [0.25, 0.3) is 0 Å². The van der Waals surface area contributed by atoms with Crippen LogP contribution in [-0.2, 0) is 13.6 Å². The first-order valence-electron chi connectivity index (χ1n) is 6.11. The van der Waals surface area contributed by atoms with E-state index in [2.05, 4.69) is 0 Å². The van der Waals surface area contributed by atoms with E-state index in [0.717, 1.165) is 0 Å². The maximum absolute atomic E-state index is 11.8. The summed E-state index contributed by atoms with van der Waals surface area (Å²) in [6.45, 7) is 0.0160. The SMILES string of the molecule is COc1cccc(C(O)Cn2ccn(C)c(=O)c2=O)c1. The molecule has 6 heteroatoms. The molecule has 1 atom stereocenters. The van der Waals surface area contributed by atoms with Gasteiger partial charge < -0.3 is 19.0 Å². The molecule has 0 amide bonds. The van der Waals surface area contributed by atoms with Gasteiger partial charge in [0.15, 0.2) is 0 Å². The molecule has 0 bridgehead atoms. The van der Waals surface area contributed by atoms with E-state index in [-0.39, 0.29) is 6.54 Å². The summed E-state index contributed by atoms with van der Waals surface area (Å²) in [6, 6.07) is 6.95. The minimum Gasteiger partial charge on any atom is -0.497 e. The number of aryl methyl sites for hydroxylation is 1. The van der Waals surface area contributed by atoms with Crippen molar-refractivity contribution < 1.29 is 9.84 Å². The molecule has 1 heterocycles. The lowest BCUT2D eigenvalue weighted by molar-refractivity contribution is 0.154. The lowest BCUT2D eigenvalue weighted by Gasteiger charge is -2.14. The van der Waals surface area contributed by atoms with Crippen molar-refractivity contribution in [2.24, 2.45) is 7.05 Å². The highest BCUT2D eigenvalue weighted by molar-refractivity contribution is 5.29. The van der Waals surface area contributed by atoms with E-state index in [1.165, 1.54) is 35.7 Å². The first-order chi connectivity index (χ1) is 9.52.